The molecule has 2 N–H and O–H groups in total. The number of aromatic nitrogens is 2. The van der Waals surface area contributed by atoms with Crippen LogP contribution in [0, 0.1) is 0 Å². The summed E-state index contributed by atoms with van der Waals surface area (Å²) in [7, 11) is 0. The van der Waals surface area contributed by atoms with Gasteiger partial charge in [0.05, 0.1) is 0 Å². The van der Waals surface area contributed by atoms with Gasteiger partial charge < -0.3 is 15.2 Å². The van der Waals surface area contributed by atoms with Crippen LogP contribution in [0.15, 0.2) is 4.52 Å². The van der Waals surface area contributed by atoms with Gasteiger partial charge in [-0.1, -0.05) is 5.16 Å². The molecule has 0 spiro atoms. The van der Waals surface area contributed by atoms with E-state index in [2.05, 4.69) is 10.1 Å². The highest BCUT2D eigenvalue weighted by Gasteiger charge is 2.29. The number of rotatable bonds is 6. The van der Waals surface area contributed by atoms with Gasteiger partial charge in [-0.2, -0.15) is 4.98 Å². The zero-order valence-electron chi connectivity index (χ0n) is 11.8. The highest BCUT2D eigenvalue weighted by molar-refractivity contribution is 5.76. The molecule has 0 bridgehead atoms. The number of nitrogens with zero attached hydrogens (tertiary/aromatic N) is 3. The van der Waals surface area contributed by atoms with Crippen LogP contribution in [0.3, 0.4) is 0 Å². The standard InChI is InChI=1S/C14H22N4O2/c15-9-11-3-2-8-18(11)13(19)5-1-4-12-16-14(17-20-12)10-6-7-10/h10-11H,1-9,15H2. The largest absolute Gasteiger partial charge is 0.339 e. The number of aryl methyl sites for hydroxylation is 1. The monoisotopic (exact) mass is 278 g/mol. The molecule has 1 saturated heterocycles. The fourth-order valence-corrected chi connectivity index (χ4v) is 2.82. The molecule has 2 heterocycles. The van der Waals surface area contributed by atoms with Crippen LogP contribution < -0.4 is 5.73 Å². The predicted octanol–water partition coefficient (Wildman–Crippen LogP) is 1.22. The van der Waals surface area contributed by atoms with Crippen LogP contribution in [0.4, 0.5) is 0 Å². The molecular weight excluding hydrogens is 256 g/mol. The van der Waals surface area contributed by atoms with E-state index in [1.165, 1.54) is 12.8 Å². The van der Waals surface area contributed by atoms with Crippen LogP contribution in [0.1, 0.15) is 56.2 Å². The van der Waals surface area contributed by atoms with E-state index in [4.69, 9.17) is 10.3 Å². The third-order valence-corrected chi connectivity index (χ3v) is 4.18. The van der Waals surface area contributed by atoms with Crippen molar-refractivity contribution in [2.45, 2.75) is 56.9 Å². The van der Waals surface area contributed by atoms with E-state index in [-0.39, 0.29) is 11.9 Å². The Morgan fingerprint density at radius 1 is 1.40 bits per heavy atom. The molecular formula is C14H22N4O2. The second kappa shape index (κ2) is 5.91. The van der Waals surface area contributed by atoms with Crippen molar-refractivity contribution in [3.05, 3.63) is 11.7 Å². The molecule has 3 rings (SSSR count). The normalized spacial score (nSPS) is 22.4. The molecule has 0 aromatic carbocycles. The SMILES string of the molecule is NCC1CCCN1C(=O)CCCc1nc(C2CC2)no1. The minimum absolute atomic E-state index is 0.208. The third-order valence-electron chi connectivity index (χ3n) is 4.18. The van der Waals surface area contributed by atoms with Crippen LogP contribution in [-0.2, 0) is 11.2 Å². The van der Waals surface area contributed by atoms with Gasteiger partial charge in [0.2, 0.25) is 11.8 Å². The Kier molecular flexibility index (Phi) is 4.00. The summed E-state index contributed by atoms with van der Waals surface area (Å²) in [5, 5.41) is 3.98. The van der Waals surface area contributed by atoms with Crippen molar-refractivity contribution in [2.75, 3.05) is 13.1 Å². The lowest BCUT2D eigenvalue weighted by atomic mass is 10.2. The van der Waals surface area contributed by atoms with E-state index in [1.54, 1.807) is 0 Å². The number of carbonyl (C=O) groups excluding carboxylic acids is 1. The Balaban J connectivity index is 1.43. The summed E-state index contributed by atoms with van der Waals surface area (Å²) in [5.74, 6) is 2.23. The van der Waals surface area contributed by atoms with E-state index in [0.29, 0.717) is 31.2 Å². The molecule has 1 aliphatic carbocycles. The maximum atomic E-state index is 12.1. The highest BCUT2D eigenvalue weighted by atomic mass is 16.5. The zero-order valence-corrected chi connectivity index (χ0v) is 11.8. The maximum Gasteiger partial charge on any atom is 0.226 e. The van der Waals surface area contributed by atoms with Gasteiger partial charge in [-0.25, -0.2) is 0 Å². The van der Waals surface area contributed by atoms with Crippen molar-refractivity contribution in [1.82, 2.24) is 15.0 Å². The summed E-state index contributed by atoms with van der Waals surface area (Å²) in [6.45, 7) is 1.42. The van der Waals surface area contributed by atoms with E-state index < -0.39 is 0 Å². The second-order valence-corrected chi connectivity index (χ2v) is 5.79. The lowest BCUT2D eigenvalue weighted by Crippen LogP contribution is -2.39. The molecule has 1 saturated carbocycles. The minimum Gasteiger partial charge on any atom is -0.339 e. The molecule has 6 heteroatoms. The van der Waals surface area contributed by atoms with Crippen molar-refractivity contribution < 1.29 is 9.32 Å². The predicted molar refractivity (Wildman–Crippen MR) is 73.0 cm³/mol. The summed E-state index contributed by atoms with van der Waals surface area (Å²) in [6, 6.07) is 0.243. The topological polar surface area (TPSA) is 85.2 Å². The van der Waals surface area contributed by atoms with Gasteiger partial charge in [-0.15, -0.1) is 0 Å². The van der Waals surface area contributed by atoms with Gasteiger partial charge in [0.15, 0.2) is 5.82 Å². The zero-order chi connectivity index (χ0) is 13.9. The first-order valence-electron chi connectivity index (χ1n) is 7.60. The average molecular weight is 278 g/mol. The lowest BCUT2D eigenvalue weighted by Gasteiger charge is -2.23. The van der Waals surface area contributed by atoms with Crippen LogP contribution in [0.5, 0.6) is 0 Å². The Labute approximate surface area is 118 Å². The van der Waals surface area contributed by atoms with Crippen molar-refractivity contribution >= 4 is 5.91 Å². The lowest BCUT2D eigenvalue weighted by molar-refractivity contribution is -0.131. The molecule has 2 aliphatic rings. The minimum atomic E-state index is 0.208. The van der Waals surface area contributed by atoms with Gasteiger partial charge in [-0.05, 0) is 32.1 Å². The molecule has 20 heavy (non-hydrogen) atoms. The smallest absolute Gasteiger partial charge is 0.226 e. The molecule has 1 aliphatic heterocycles. The summed E-state index contributed by atoms with van der Waals surface area (Å²) >= 11 is 0. The van der Waals surface area contributed by atoms with E-state index in [9.17, 15) is 4.79 Å². The van der Waals surface area contributed by atoms with E-state index >= 15 is 0 Å². The molecule has 110 valence electrons. The second-order valence-electron chi connectivity index (χ2n) is 5.79. The number of carbonyl (C=O) groups is 1. The van der Waals surface area contributed by atoms with Gasteiger partial charge >= 0.3 is 0 Å². The van der Waals surface area contributed by atoms with Crippen LogP contribution >= 0.6 is 0 Å². The average Bonchev–Trinajstić information content (AvgIpc) is 3.02. The van der Waals surface area contributed by atoms with Crippen molar-refractivity contribution in [3.63, 3.8) is 0 Å². The van der Waals surface area contributed by atoms with E-state index in [1.807, 2.05) is 4.90 Å². The summed E-state index contributed by atoms with van der Waals surface area (Å²) < 4.78 is 5.21. The van der Waals surface area contributed by atoms with Crippen LogP contribution in [0.2, 0.25) is 0 Å². The molecule has 2 fully saturated rings. The summed E-state index contributed by atoms with van der Waals surface area (Å²) in [6.07, 6.45) is 6.45. The quantitative estimate of drug-likeness (QED) is 0.845. The van der Waals surface area contributed by atoms with Crippen molar-refractivity contribution in [1.29, 1.82) is 0 Å². The van der Waals surface area contributed by atoms with Gasteiger partial charge in [0, 0.05) is 37.9 Å². The fraction of sp³-hybridized carbons (Fsp3) is 0.786. The summed E-state index contributed by atoms with van der Waals surface area (Å²) in [4.78, 5) is 18.4. The maximum absolute atomic E-state index is 12.1. The Morgan fingerprint density at radius 2 is 2.25 bits per heavy atom. The Hall–Kier alpha value is -1.43. The molecule has 1 amide bonds. The molecule has 0 radical (unpaired) electrons. The van der Waals surface area contributed by atoms with Crippen LogP contribution in [-0.4, -0.2) is 40.1 Å². The van der Waals surface area contributed by atoms with Gasteiger partial charge in [0.1, 0.15) is 0 Å². The first-order valence-corrected chi connectivity index (χ1v) is 7.60. The third kappa shape index (κ3) is 3.00. The van der Waals surface area contributed by atoms with Gasteiger partial charge in [0.25, 0.3) is 0 Å². The van der Waals surface area contributed by atoms with Crippen molar-refractivity contribution in [2.24, 2.45) is 5.73 Å². The first kappa shape index (κ1) is 13.5. The Bertz CT molecular complexity index is 469. The summed E-state index contributed by atoms with van der Waals surface area (Å²) in [5.41, 5.74) is 5.69. The van der Waals surface area contributed by atoms with E-state index in [0.717, 1.165) is 31.6 Å². The number of hydrogen-bond donors (Lipinski definition) is 1. The molecule has 1 atom stereocenters. The number of likely N-dealkylation sites (tertiary alicyclic amines) is 1. The van der Waals surface area contributed by atoms with Crippen LogP contribution in [0.25, 0.3) is 0 Å². The molecule has 1 aromatic heterocycles. The number of amides is 1. The molecule has 6 nitrogen and oxygen atoms in total. The fourth-order valence-electron chi connectivity index (χ4n) is 2.82. The molecule has 1 unspecified atom stereocenters. The molecule has 1 aromatic rings. The highest BCUT2D eigenvalue weighted by Crippen LogP contribution is 2.38. The Morgan fingerprint density at radius 3 is 3.00 bits per heavy atom. The number of hydrogen-bond acceptors (Lipinski definition) is 5. The van der Waals surface area contributed by atoms with Crippen molar-refractivity contribution in [3.8, 4) is 0 Å². The number of nitrogens with two attached hydrogens (primary N) is 1. The van der Waals surface area contributed by atoms with Gasteiger partial charge in [-0.3, -0.25) is 4.79 Å². The first-order chi connectivity index (χ1) is 9.78.